The predicted molar refractivity (Wildman–Crippen MR) is 78.3 cm³/mol. The fourth-order valence-corrected chi connectivity index (χ4v) is 2.05. The largest absolute Gasteiger partial charge is 0.383 e. The number of anilines is 2. The summed E-state index contributed by atoms with van der Waals surface area (Å²) >= 11 is 0. The quantitative estimate of drug-likeness (QED) is 0.757. The van der Waals surface area contributed by atoms with Gasteiger partial charge in [-0.2, -0.15) is 0 Å². The van der Waals surface area contributed by atoms with Gasteiger partial charge in [0.05, 0.1) is 11.8 Å². The Kier molecular flexibility index (Phi) is 3.19. The predicted octanol–water partition coefficient (Wildman–Crippen LogP) is 2.60. The van der Waals surface area contributed by atoms with Crippen LogP contribution < -0.4 is 11.1 Å². The lowest BCUT2D eigenvalue weighted by Gasteiger charge is -2.09. The molecule has 6 heteroatoms. The maximum absolute atomic E-state index is 13.2. The van der Waals surface area contributed by atoms with Gasteiger partial charge in [0.1, 0.15) is 11.6 Å². The van der Waals surface area contributed by atoms with E-state index in [-0.39, 0.29) is 11.4 Å². The van der Waals surface area contributed by atoms with Crippen LogP contribution in [0, 0.1) is 5.82 Å². The number of nitrogens with zero attached hydrogens (tertiary/aromatic N) is 2. The van der Waals surface area contributed by atoms with Crippen molar-refractivity contribution in [1.82, 2.24) is 9.97 Å². The Bertz CT molecular complexity index is 830. The molecule has 3 rings (SSSR count). The first-order valence-electron chi connectivity index (χ1n) is 6.20. The van der Waals surface area contributed by atoms with E-state index in [4.69, 9.17) is 5.73 Å². The molecule has 1 aromatic carbocycles. The number of nitrogen functional groups attached to an aromatic ring is 1. The number of carbonyl (C=O) groups is 1. The summed E-state index contributed by atoms with van der Waals surface area (Å²) in [4.78, 5) is 19.9. The minimum absolute atomic E-state index is 0.000981. The lowest BCUT2D eigenvalue weighted by Crippen LogP contribution is -2.15. The van der Waals surface area contributed by atoms with Gasteiger partial charge in [0, 0.05) is 28.9 Å². The van der Waals surface area contributed by atoms with Crippen LogP contribution in [0.5, 0.6) is 0 Å². The monoisotopic (exact) mass is 282 g/mol. The molecule has 0 saturated heterocycles. The molecule has 0 unspecified atom stereocenters. The Morgan fingerprint density at radius 1 is 1.24 bits per heavy atom. The molecule has 0 radical (unpaired) electrons. The molecule has 0 aliphatic rings. The van der Waals surface area contributed by atoms with Gasteiger partial charge >= 0.3 is 0 Å². The third-order valence-corrected chi connectivity index (χ3v) is 3.06. The third kappa shape index (κ3) is 2.51. The number of amides is 1. The SMILES string of the molecule is Nc1ncc(F)cc1C(=O)Nc1cccc2cnccc12. The van der Waals surface area contributed by atoms with Gasteiger partial charge in [0.15, 0.2) is 0 Å². The van der Waals surface area contributed by atoms with Gasteiger partial charge in [-0.05, 0) is 18.2 Å². The zero-order valence-electron chi connectivity index (χ0n) is 10.9. The second kappa shape index (κ2) is 5.16. The van der Waals surface area contributed by atoms with E-state index >= 15 is 0 Å². The summed E-state index contributed by atoms with van der Waals surface area (Å²) in [5.74, 6) is -1.14. The highest BCUT2D eigenvalue weighted by Crippen LogP contribution is 2.23. The lowest BCUT2D eigenvalue weighted by molar-refractivity contribution is 0.102. The van der Waals surface area contributed by atoms with Crippen LogP contribution in [0.1, 0.15) is 10.4 Å². The van der Waals surface area contributed by atoms with E-state index in [9.17, 15) is 9.18 Å². The fourth-order valence-electron chi connectivity index (χ4n) is 2.05. The number of nitrogens with one attached hydrogen (secondary N) is 1. The third-order valence-electron chi connectivity index (χ3n) is 3.06. The van der Waals surface area contributed by atoms with E-state index < -0.39 is 11.7 Å². The van der Waals surface area contributed by atoms with Gasteiger partial charge < -0.3 is 11.1 Å². The Labute approximate surface area is 119 Å². The van der Waals surface area contributed by atoms with Gasteiger partial charge in [0.2, 0.25) is 0 Å². The van der Waals surface area contributed by atoms with Crippen LogP contribution in [0.25, 0.3) is 10.8 Å². The van der Waals surface area contributed by atoms with Gasteiger partial charge in [-0.3, -0.25) is 9.78 Å². The summed E-state index contributed by atoms with van der Waals surface area (Å²) in [6, 6.07) is 8.29. The van der Waals surface area contributed by atoms with E-state index in [1.165, 1.54) is 0 Å². The fraction of sp³-hybridized carbons (Fsp3) is 0. The number of rotatable bonds is 2. The van der Waals surface area contributed by atoms with E-state index in [1.807, 2.05) is 6.07 Å². The molecular formula is C15H11FN4O. The molecule has 0 atom stereocenters. The maximum Gasteiger partial charge on any atom is 0.259 e. The van der Waals surface area contributed by atoms with E-state index in [0.29, 0.717) is 5.69 Å². The van der Waals surface area contributed by atoms with Gasteiger partial charge in [0.25, 0.3) is 5.91 Å². The van der Waals surface area contributed by atoms with Gasteiger partial charge in [-0.25, -0.2) is 9.37 Å². The number of pyridine rings is 2. The van der Waals surface area contributed by atoms with Crippen LogP contribution in [-0.4, -0.2) is 15.9 Å². The Balaban J connectivity index is 1.99. The average molecular weight is 282 g/mol. The minimum atomic E-state index is -0.614. The van der Waals surface area contributed by atoms with Crippen molar-refractivity contribution in [2.24, 2.45) is 0 Å². The summed E-state index contributed by atoms with van der Waals surface area (Å²) < 4.78 is 13.2. The number of carbonyl (C=O) groups excluding carboxylic acids is 1. The molecule has 3 aromatic rings. The number of hydrogen-bond donors (Lipinski definition) is 2. The van der Waals surface area contributed by atoms with Crippen molar-refractivity contribution in [2.75, 3.05) is 11.1 Å². The highest BCUT2D eigenvalue weighted by Gasteiger charge is 2.13. The van der Waals surface area contributed by atoms with Crippen LogP contribution in [0.15, 0.2) is 48.9 Å². The molecule has 1 amide bonds. The number of aromatic nitrogens is 2. The maximum atomic E-state index is 13.2. The molecule has 3 N–H and O–H groups in total. The standard InChI is InChI=1S/C15H11FN4O/c16-10-6-12(14(17)19-8-10)15(21)20-13-3-1-2-9-7-18-5-4-11(9)13/h1-8H,(H2,17,19)(H,20,21). The molecular weight excluding hydrogens is 271 g/mol. The van der Waals surface area contributed by atoms with Crippen molar-refractivity contribution < 1.29 is 9.18 Å². The molecule has 2 heterocycles. The molecule has 2 aromatic heterocycles. The summed E-state index contributed by atoms with van der Waals surface area (Å²) in [6.45, 7) is 0. The minimum Gasteiger partial charge on any atom is -0.383 e. The van der Waals surface area contributed by atoms with E-state index in [2.05, 4.69) is 15.3 Å². The molecule has 0 aliphatic heterocycles. The first-order valence-corrected chi connectivity index (χ1v) is 6.20. The van der Waals surface area contributed by atoms with Crippen LogP contribution in [0.2, 0.25) is 0 Å². The molecule has 21 heavy (non-hydrogen) atoms. The summed E-state index contributed by atoms with van der Waals surface area (Å²) in [5, 5.41) is 4.44. The van der Waals surface area contributed by atoms with Crippen molar-refractivity contribution in [3.05, 3.63) is 60.3 Å². The van der Waals surface area contributed by atoms with Crippen molar-refractivity contribution in [2.45, 2.75) is 0 Å². The molecule has 5 nitrogen and oxygen atoms in total. The highest BCUT2D eigenvalue weighted by atomic mass is 19.1. The second-order valence-electron chi connectivity index (χ2n) is 4.44. The van der Waals surface area contributed by atoms with Crippen LogP contribution in [-0.2, 0) is 0 Å². The number of fused-ring (bicyclic) bond motifs is 1. The van der Waals surface area contributed by atoms with Crippen LogP contribution in [0.3, 0.4) is 0 Å². The molecule has 0 saturated carbocycles. The lowest BCUT2D eigenvalue weighted by atomic mass is 10.1. The van der Waals surface area contributed by atoms with Crippen LogP contribution >= 0.6 is 0 Å². The average Bonchev–Trinajstić information content (AvgIpc) is 2.50. The van der Waals surface area contributed by atoms with Crippen molar-refractivity contribution in [3.8, 4) is 0 Å². The van der Waals surface area contributed by atoms with Gasteiger partial charge in [-0.15, -0.1) is 0 Å². The second-order valence-corrected chi connectivity index (χ2v) is 4.44. The first-order chi connectivity index (χ1) is 10.1. The Hall–Kier alpha value is -3.02. The number of halogens is 1. The Morgan fingerprint density at radius 2 is 2.10 bits per heavy atom. The zero-order valence-corrected chi connectivity index (χ0v) is 10.9. The smallest absolute Gasteiger partial charge is 0.259 e. The molecule has 0 fully saturated rings. The zero-order chi connectivity index (χ0) is 14.8. The number of nitrogens with two attached hydrogens (primary N) is 1. The van der Waals surface area contributed by atoms with E-state index in [1.54, 1.807) is 30.6 Å². The normalized spacial score (nSPS) is 10.5. The van der Waals surface area contributed by atoms with Crippen molar-refractivity contribution in [1.29, 1.82) is 0 Å². The van der Waals surface area contributed by atoms with Gasteiger partial charge in [-0.1, -0.05) is 12.1 Å². The van der Waals surface area contributed by atoms with Crippen molar-refractivity contribution in [3.63, 3.8) is 0 Å². The summed E-state index contributed by atoms with van der Waals surface area (Å²) in [5.41, 5.74) is 6.21. The Morgan fingerprint density at radius 3 is 2.95 bits per heavy atom. The summed E-state index contributed by atoms with van der Waals surface area (Å²) in [6.07, 6.45) is 4.30. The highest BCUT2D eigenvalue weighted by molar-refractivity contribution is 6.10. The molecule has 104 valence electrons. The molecule has 0 bridgehead atoms. The summed E-state index contributed by atoms with van der Waals surface area (Å²) in [7, 11) is 0. The van der Waals surface area contributed by atoms with Crippen molar-refractivity contribution >= 4 is 28.2 Å². The first kappa shape index (κ1) is 13.0. The topological polar surface area (TPSA) is 80.9 Å². The number of benzene rings is 1. The molecule has 0 aliphatic carbocycles. The number of hydrogen-bond acceptors (Lipinski definition) is 4. The van der Waals surface area contributed by atoms with E-state index in [0.717, 1.165) is 23.0 Å². The molecule has 0 spiro atoms. The van der Waals surface area contributed by atoms with Crippen LogP contribution in [0.4, 0.5) is 15.9 Å².